The van der Waals surface area contributed by atoms with Gasteiger partial charge in [0.1, 0.15) is 5.75 Å². The van der Waals surface area contributed by atoms with Gasteiger partial charge in [-0.1, -0.05) is 24.8 Å². The molecule has 269 valence electrons. The quantitative estimate of drug-likeness (QED) is 0.0689. The number of carbonyl (C=O) groups is 1. The van der Waals surface area contributed by atoms with Gasteiger partial charge in [0.2, 0.25) is 5.91 Å². The molecule has 54 heavy (non-hydrogen) atoms. The maximum Gasteiger partial charge on any atom is 0.569 e. The summed E-state index contributed by atoms with van der Waals surface area (Å²) in [7, 11) is -0.845. The number of nitrogens with zero attached hydrogens (tertiary/aromatic N) is 4. The monoisotopic (exact) mass is 720 g/mol. The van der Waals surface area contributed by atoms with Crippen LogP contribution in [-0.2, 0) is 37.4 Å². The highest BCUT2D eigenvalue weighted by Gasteiger charge is 2.17. The van der Waals surface area contributed by atoms with Crippen LogP contribution in [0.1, 0.15) is 34.7 Å². The molecule has 6 aromatic rings. The first-order valence-corrected chi connectivity index (χ1v) is 17.8. The Balaban J connectivity index is 1.09. The van der Waals surface area contributed by atoms with Crippen LogP contribution < -0.4 is 33.7 Å². The maximum absolute atomic E-state index is 11.7. The normalized spacial score (nSPS) is 10.8. The molecule has 0 aliphatic carbocycles. The number of hydrogen-bond acceptors (Lipinski definition) is 5. The number of pyridine rings is 4. The molecule has 0 spiro atoms. The SMILES string of the molecule is C=C(C)C(=O)NCCc1cc[n+](Cc2cc(C[n+]3ccc(-c4cc[n+](Cc5cc(C[n+]6ccccc6)cc(B(O)O)c5)cc4)cc3)cc(O[B]O)c2)cc1. The van der Waals surface area contributed by atoms with Gasteiger partial charge in [0.05, 0.1) is 0 Å². The zero-order chi connectivity index (χ0) is 37.9. The largest absolute Gasteiger partial charge is 0.569 e. The van der Waals surface area contributed by atoms with E-state index in [0.29, 0.717) is 57.2 Å². The van der Waals surface area contributed by atoms with Crippen LogP contribution in [-0.4, -0.2) is 42.3 Å². The number of aromatic nitrogens is 4. The van der Waals surface area contributed by atoms with Crippen LogP contribution in [0.3, 0.4) is 0 Å². The molecule has 0 aliphatic heterocycles. The maximum atomic E-state index is 11.7. The molecule has 0 bridgehead atoms. The zero-order valence-electron chi connectivity index (χ0n) is 30.3. The summed E-state index contributed by atoms with van der Waals surface area (Å²) in [5, 5.41) is 32.1. The highest BCUT2D eigenvalue weighted by molar-refractivity contribution is 6.58. The van der Waals surface area contributed by atoms with Gasteiger partial charge in [-0.05, 0) is 59.8 Å². The number of benzene rings is 2. The molecule has 0 fully saturated rings. The zero-order valence-corrected chi connectivity index (χ0v) is 30.3. The highest BCUT2D eigenvalue weighted by Crippen LogP contribution is 2.19. The molecular weight excluding hydrogens is 676 g/mol. The average molecular weight is 720 g/mol. The fourth-order valence-electron chi connectivity index (χ4n) is 6.29. The Labute approximate surface area is 317 Å². The van der Waals surface area contributed by atoms with E-state index in [9.17, 15) is 19.9 Å². The Morgan fingerprint density at radius 1 is 0.667 bits per heavy atom. The van der Waals surface area contributed by atoms with Gasteiger partial charge < -0.3 is 25.0 Å². The van der Waals surface area contributed by atoms with Crippen molar-refractivity contribution in [3.8, 4) is 16.9 Å². The van der Waals surface area contributed by atoms with E-state index in [0.717, 1.165) is 45.4 Å². The summed E-state index contributed by atoms with van der Waals surface area (Å²) in [4.78, 5) is 11.7. The van der Waals surface area contributed by atoms with Crippen LogP contribution in [0.4, 0.5) is 0 Å². The minimum atomic E-state index is -1.54. The van der Waals surface area contributed by atoms with Crippen LogP contribution in [0.15, 0.2) is 153 Å². The van der Waals surface area contributed by atoms with E-state index in [1.165, 1.54) is 0 Å². The van der Waals surface area contributed by atoms with Crippen molar-refractivity contribution in [2.75, 3.05) is 6.54 Å². The number of carbonyl (C=O) groups excluding carboxylic acids is 1. The molecule has 4 aromatic heterocycles. The molecule has 1 amide bonds. The average Bonchev–Trinajstić information content (AvgIpc) is 3.16. The molecule has 1 radical (unpaired) electrons. The third-order valence-corrected chi connectivity index (χ3v) is 8.99. The highest BCUT2D eigenvalue weighted by atomic mass is 16.5. The van der Waals surface area contributed by atoms with Crippen molar-refractivity contribution in [2.45, 2.75) is 39.5 Å². The molecule has 0 saturated heterocycles. The Bertz CT molecular complexity index is 2180. The number of rotatable bonds is 16. The lowest BCUT2D eigenvalue weighted by molar-refractivity contribution is -0.689. The van der Waals surface area contributed by atoms with Crippen molar-refractivity contribution in [2.24, 2.45) is 0 Å². The fraction of sp³-hybridized carbons (Fsp3) is 0.167. The van der Waals surface area contributed by atoms with Gasteiger partial charge in [0.25, 0.3) is 0 Å². The van der Waals surface area contributed by atoms with Crippen LogP contribution in [0.25, 0.3) is 11.1 Å². The first-order chi connectivity index (χ1) is 26.2. The topological polar surface area (TPSA) is 115 Å². The lowest BCUT2D eigenvalue weighted by Crippen LogP contribution is -2.37. The summed E-state index contributed by atoms with van der Waals surface area (Å²) in [6, 6.07) is 30.1. The van der Waals surface area contributed by atoms with Gasteiger partial charge in [-0.3, -0.25) is 4.79 Å². The Hall–Kier alpha value is -5.94. The summed E-state index contributed by atoms with van der Waals surface area (Å²) < 4.78 is 13.7. The number of amides is 1. The van der Waals surface area contributed by atoms with E-state index in [2.05, 4.69) is 66.6 Å². The van der Waals surface area contributed by atoms with Crippen LogP contribution in [0, 0.1) is 0 Å². The molecular formula is C42H44B2N5O5+4. The third kappa shape index (κ3) is 10.8. The van der Waals surface area contributed by atoms with Crippen molar-refractivity contribution in [3.63, 3.8) is 0 Å². The lowest BCUT2D eigenvalue weighted by atomic mass is 9.78. The first kappa shape index (κ1) is 37.8. The van der Waals surface area contributed by atoms with Gasteiger partial charge >= 0.3 is 14.8 Å². The van der Waals surface area contributed by atoms with Gasteiger partial charge in [-0.15, -0.1) is 0 Å². The van der Waals surface area contributed by atoms with E-state index < -0.39 is 7.12 Å². The summed E-state index contributed by atoms with van der Waals surface area (Å²) in [5.74, 6) is 0.420. The van der Waals surface area contributed by atoms with E-state index >= 15 is 0 Å². The molecule has 0 atom stereocenters. The molecule has 4 heterocycles. The lowest BCUT2D eigenvalue weighted by Gasteiger charge is -2.08. The van der Waals surface area contributed by atoms with E-state index in [4.69, 9.17) is 4.65 Å². The molecule has 10 nitrogen and oxygen atoms in total. The summed E-state index contributed by atoms with van der Waals surface area (Å²) in [5.41, 5.74) is 8.27. The smallest absolute Gasteiger partial charge is 0.537 e. The molecule has 2 aromatic carbocycles. The van der Waals surface area contributed by atoms with Gasteiger partial charge in [-0.25, -0.2) is 18.3 Å². The van der Waals surface area contributed by atoms with Crippen molar-refractivity contribution in [1.82, 2.24) is 5.32 Å². The third-order valence-electron chi connectivity index (χ3n) is 8.99. The van der Waals surface area contributed by atoms with Crippen LogP contribution in [0.2, 0.25) is 0 Å². The second-order valence-electron chi connectivity index (χ2n) is 13.4. The molecule has 0 saturated carbocycles. The minimum Gasteiger partial charge on any atom is -0.537 e. The number of hydrogen-bond donors (Lipinski definition) is 4. The van der Waals surface area contributed by atoms with Gasteiger partial charge in [0.15, 0.2) is 75.8 Å². The summed E-state index contributed by atoms with van der Waals surface area (Å²) >= 11 is 0. The number of nitrogens with one attached hydrogen (secondary N) is 1. The molecule has 4 N–H and O–H groups in total. The predicted octanol–water partition coefficient (Wildman–Crippen LogP) is 1.52. The van der Waals surface area contributed by atoms with Gasteiger partial charge in [-0.2, -0.15) is 0 Å². The molecule has 6 rings (SSSR count). The van der Waals surface area contributed by atoms with E-state index in [1.807, 2.05) is 104 Å². The Kier molecular flexibility index (Phi) is 12.7. The summed E-state index contributed by atoms with van der Waals surface area (Å²) in [6.45, 7) is 8.34. The van der Waals surface area contributed by atoms with Crippen LogP contribution >= 0.6 is 0 Å². The van der Waals surface area contributed by atoms with Gasteiger partial charge in [0, 0.05) is 82.9 Å². The Morgan fingerprint density at radius 3 is 1.56 bits per heavy atom. The summed E-state index contributed by atoms with van der Waals surface area (Å²) in [6.07, 6.45) is 16.9. The van der Waals surface area contributed by atoms with Crippen LogP contribution in [0.5, 0.6) is 5.75 Å². The Morgan fingerprint density at radius 2 is 1.11 bits per heavy atom. The van der Waals surface area contributed by atoms with E-state index in [1.54, 1.807) is 6.92 Å². The molecule has 0 unspecified atom stereocenters. The van der Waals surface area contributed by atoms with E-state index in [-0.39, 0.29) is 5.91 Å². The van der Waals surface area contributed by atoms with Crippen molar-refractivity contribution in [1.29, 1.82) is 0 Å². The minimum absolute atomic E-state index is 0.131. The van der Waals surface area contributed by atoms with Crippen molar-refractivity contribution in [3.05, 3.63) is 181 Å². The second kappa shape index (κ2) is 18.2. The first-order valence-electron chi connectivity index (χ1n) is 17.8. The predicted molar refractivity (Wildman–Crippen MR) is 205 cm³/mol. The second-order valence-corrected chi connectivity index (χ2v) is 13.4. The van der Waals surface area contributed by atoms with Crippen molar-refractivity contribution >= 4 is 26.2 Å². The standard InChI is InChI=1S/C42H43B2N5O5/c1-32(2)42(50)45-13-6-33-7-16-47(17-8-33)30-36-23-37(27-41(26-36)54-43-51)31-49-20-11-39(12-21-49)38-9-18-48(19-10-38)29-35-22-34(24-40(25-35)44(52)53)28-46-14-4-3-5-15-46/h3-5,7-12,14-27,51-53H,1,6,13,28-31H2,2H3/q+3/p+1. The molecule has 0 aliphatic rings. The fourth-order valence-corrected chi connectivity index (χ4v) is 6.29. The molecule has 12 heteroatoms. The van der Waals surface area contributed by atoms with Crippen molar-refractivity contribution < 1.29 is 42.8 Å².